The highest BCUT2D eigenvalue weighted by Crippen LogP contribution is 2.41. The number of carbonyl (C=O) groups is 1. The van der Waals surface area contributed by atoms with E-state index in [0.29, 0.717) is 18.0 Å². The number of hydrogen-bond acceptors (Lipinski definition) is 7. The first kappa shape index (κ1) is 22.2. The number of piperidine rings is 1. The van der Waals surface area contributed by atoms with Crippen molar-refractivity contribution in [3.63, 3.8) is 0 Å². The summed E-state index contributed by atoms with van der Waals surface area (Å²) in [6.07, 6.45) is 7.59. The SMILES string of the molecule is CN1CCC(Oc2ccc(NC(=O)C3NNC4C(F)CC(c5cnn(C)c5)CC34)cn2)CC1. The molecule has 5 rings (SSSR count). The molecule has 10 heteroatoms. The van der Waals surface area contributed by atoms with Gasteiger partial charge in [-0.2, -0.15) is 5.10 Å². The van der Waals surface area contributed by atoms with Gasteiger partial charge >= 0.3 is 0 Å². The van der Waals surface area contributed by atoms with Crippen LogP contribution in [0.1, 0.15) is 37.2 Å². The van der Waals surface area contributed by atoms with Gasteiger partial charge in [-0.15, -0.1) is 0 Å². The zero-order chi connectivity index (χ0) is 22.9. The van der Waals surface area contributed by atoms with Gasteiger partial charge in [0.25, 0.3) is 0 Å². The number of hydrogen-bond donors (Lipinski definition) is 3. The molecular formula is C23H32FN7O2. The van der Waals surface area contributed by atoms with E-state index < -0.39 is 12.2 Å². The van der Waals surface area contributed by atoms with Gasteiger partial charge in [-0.05, 0) is 50.3 Å². The highest BCUT2D eigenvalue weighted by Gasteiger charge is 2.48. The summed E-state index contributed by atoms with van der Waals surface area (Å²) >= 11 is 0. The second-order valence-electron chi connectivity index (χ2n) is 9.58. The number of pyridine rings is 1. The molecule has 5 atom stereocenters. The molecule has 0 aromatic carbocycles. The third-order valence-corrected chi connectivity index (χ3v) is 7.19. The number of hydrazine groups is 1. The fourth-order valence-corrected chi connectivity index (χ4v) is 5.29. The first-order valence-corrected chi connectivity index (χ1v) is 11.7. The van der Waals surface area contributed by atoms with E-state index in [-0.39, 0.29) is 29.9 Å². The lowest BCUT2D eigenvalue weighted by molar-refractivity contribution is -0.119. The number of halogens is 1. The van der Waals surface area contributed by atoms with E-state index >= 15 is 0 Å². The normalized spacial score (nSPS) is 30.7. The molecule has 3 N–H and O–H groups in total. The number of aryl methyl sites for hydroxylation is 1. The summed E-state index contributed by atoms with van der Waals surface area (Å²) in [6.45, 7) is 2.04. The molecule has 5 unspecified atom stereocenters. The van der Waals surface area contributed by atoms with Crippen molar-refractivity contribution >= 4 is 11.6 Å². The Labute approximate surface area is 193 Å². The number of carbonyl (C=O) groups excluding carboxylic acids is 1. The van der Waals surface area contributed by atoms with E-state index in [0.717, 1.165) is 37.9 Å². The van der Waals surface area contributed by atoms with Crippen LogP contribution in [0, 0.1) is 5.92 Å². The summed E-state index contributed by atoms with van der Waals surface area (Å²) in [4.78, 5) is 19.7. The quantitative estimate of drug-likeness (QED) is 0.628. The van der Waals surface area contributed by atoms with Crippen molar-refractivity contribution in [1.82, 2.24) is 30.5 Å². The van der Waals surface area contributed by atoms with Crippen LogP contribution in [-0.2, 0) is 11.8 Å². The number of fused-ring (bicyclic) bond motifs is 1. The van der Waals surface area contributed by atoms with Crippen LogP contribution in [0.15, 0.2) is 30.7 Å². The lowest BCUT2D eigenvalue weighted by Crippen LogP contribution is -2.44. The van der Waals surface area contributed by atoms with Crippen LogP contribution < -0.4 is 20.9 Å². The van der Waals surface area contributed by atoms with E-state index in [1.54, 1.807) is 29.2 Å². The third kappa shape index (κ3) is 4.87. The van der Waals surface area contributed by atoms with Crippen molar-refractivity contribution in [2.24, 2.45) is 13.0 Å². The first-order chi connectivity index (χ1) is 16.0. The van der Waals surface area contributed by atoms with Gasteiger partial charge in [0, 0.05) is 38.3 Å². The molecule has 4 heterocycles. The highest BCUT2D eigenvalue weighted by atomic mass is 19.1. The first-order valence-electron chi connectivity index (χ1n) is 11.7. The van der Waals surface area contributed by atoms with Crippen molar-refractivity contribution < 1.29 is 13.9 Å². The molecule has 2 aliphatic heterocycles. The predicted octanol–water partition coefficient (Wildman–Crippen LogP) is 1.60. The second-order valence-corrected chi connectivity index (χ2v) is 9.58. The summed E-state index contributed by atoms with van der Waals surface area (Å²) in [6, 6.07) is 2.68. The summed E-state index contributed by atoms with van der Waals surface area (Å²) < 4.78 is 22.6. The van der Waals surface area contributed by atoms with Crippen LogP contribution in [-0.4, -0.2) is 70.1 Å². The van der Waals surface area contributed by atoms with Crippen LogP contribution in [0.25, 0.3) is 0 Å². The van der Waals surface area contributed by atoms with Crippen LogP contribution in [0.3, 0.4) is 0 Å². The maximum atomic E-state index is 14.9. The largest absolute Gasteiger partial charge is 0.474 e. The Balaban J connectivity index is 1.19. The lowest BCUT2D eigenvalue weighted by Gasteiger charge is -2.34. The molecule has 0 radical (unpaired) electrons. The van der Waals surface area contributed by atoms with Crippen molar-refractivity contribution in [2.45, 2.75) is 56.0 Å². The number of likely N-dealkylation sites (tertiary alicyclic amines) is 1. The number of ether oxygens (including phenoxy) is 1. The Hall–Kier alpha value is -2.56. The van der Waals surface area contributed by atoms with Crippen molar-refractivity contribution in [3.8, 4) is 5.88 Å². The minimum absolute atomic E-state index is 0.0459. The molecule has 2 saturated heterocycles. The number of anilines is 1. The minimum atomic E-state index is -1.03. The molecule has 1 amide bonds. The average Bonchev–Trinajstić information content (AvgIpc) is 3.43. The molecule has 3 aliphatic rings. The van der Waals surface area contributed by atoms with Crippen LogP contribution >= 0.6 is 0 Å². The summed E-state index contributed by atoms with van der Waals surface area (Å²) in [5.74, 6) is 0.263. The number of aromatic nitrogens is 3. The zero-order valence-electron chi connectivity index (χ0n) is 19.1. The van der Waals surface area contributed by atoms with Gasteiger partial charge < -0.3 is 15.0 Å². The monoisotopic (exact) mass is 457 g/mol. The van der Waals surface area contributed by atoms with Crippen LogP contribution in [0.4, 0.5) is 10.1 Å². The number of rotatable bonds is 5. The van der Waals surface area contributed by atoms with Gasteiger partial charge in [-0.25, -0.2) is 14.8 Å². The molecule has 3 fully saturated rings. The van der Waals surface area contributed by atoms with E-state index in [4.69, 9.17) is 4.74 Å². The fraction of sp³-hybridized carbons (Fsp3) is 0.609. The zero-order valence-corrected chi connectivity index (χ0v) is 19.1. The van der Waals surface area contributed by atoms with E-state index in [1.165, 1.54) is 0 Å². The Bertz CT molecular complexity index is 960. The van der Waals surface area contributed by atoms with E-state index in [9.17, 15) is 9.18 Å². The van der Waals surface area contributed by atoms with Gasteiger partial charge in [0.15, 0.2) is 0 Å². The summed E-state index contributed by atoms with van der Waals surface area (Å²) in [5.41, 5.74) is 7.65. The fourth-order valence-electron chi connectivity index (χ4n) is 5.29. The maximum absolute atomic E-state index is 14.9. The Kier molecular flexibility index (Phi) is 6.31. The van der Waals surface area contributed by atoms with Crippen molar-refractivity contribution in [3.05, 3.63) is 36.3 Å². The Morgan fingerprint density at radius 3 is 2.70 bits per heavy atom. The van der Waals surface area contributed by atoms with Crippen LogP contribution in [0.5, 0.6) is 5.88 Å². The molecule has 2 aromatic heterocycles. The van der Waals surface area contributed by atoms with E-state index in [2.05, 4.69) is 38.2 Å². The lowest BCUT2D eigenvalue weighted by atomic mass is 9.73. The molecule has 33 heavy (non-hydrogen) atoms. The summed E-state index contributed by atoms with van der Waals surface area (Å²) in [7, 11) is 3.97. The van der Waals surface area contributed by atoms with Crippen molar-refractivity contribution in [1.29, 1.82) is 0 Å². The third-order valence-electron chi connectivity index (χ3n) is 7.19. The molecule has 9 nitrogen and oxygen atoms in total. The molecule has 0 bridgehead atoms. The van der Waals surface area contributed by atoms with Gasteiger partial charge in [0.1, 0.15) is 18.3 Å². The molecule has 1 saturated carbocycles. The Morgan fingerprint density at radius 2 is 2.00 bits per heavy atom. The number of nitrogens with one attached hydrogen (secondary N) is 3. The second kappa shape index (κ2) is 9.36. The van der Waals surface area contributed by atoms with Gasteiger partial charge in [-0.3, -0.25) is 14.9 Å². The van der Waals surface area contributed by atoms with Crippen molar-refractivity contribution in [2.75, 3.05) is 25.5 Å². The highest BCUT2D eigenvalue weighted by molar-refractivity contribution is 5.95. The molecule has 178 valence electrons. The summed E-state index contributed by atoms with van der Waals surface area (Å²) in [5, 5.41) is 7.15. The molecular weight excluding hydrogens is 425 g/mol. The van der Waals surface area contributed by atoms with Crippen LogP contribution in [0.2, 0.25) is 0 Å². The number of alkyl halides is 1. The number of amides is 1. The van der Waals surface area contributed by atoms with Gasteiger partial charge in [0.05, 0.1) is 24.1 Å². The predicted molar refractivity (Wildman–Crippen MR) is 121 cm³/mol. The Morgan fingerprint density at radius 1 is 1.18 bits per heavy atom. The average molecular weight is 458 g/mol. The standard InChI is InChI=1S/C23H32FN7O2/c1-30-7-5-17(6-8-30)33-20-4-3-16(12-25-20)27-23(32)22-18-9-14(15-11-26-31(2)13-15)10-19(24)21(18)28-29-22/h3-4,11-14,17-19,21-22,28-29H,5-10H2,1-2H3,(H,27,32). The maximum Gasteiger partial charge on any atom is 0.243 e. The van der Waals surface area contributed by atoms with Gasteiger partial charge in [-0.1, -0.05) is 0 Å². The minimum Gasteiger partial charge on any atom is -0.474 e. The molecule has 1 aliphatic carbocycles. The smallest absolute Gasteiger partial charge is 0.243 e. The van der Waals surface area contributed by atoms with E-state index in [1.807, 2.05) is 13.2 Å². The number of nitrogens with zero attached hydrogens (tertiary/aromatic N) is 4. The van der Waals surface area contributed by atoms with Gasteiger partial charge in [0.2, 0.25) is 11.8 Å². The topological polar surface area (TPSA) is 96.3 Å². The molecule has 2 aromatic rings. The molecule has 0 spiro atoms.